The minimum atomic E-state index is -0.894. The third-order valence-electron chi connectivity index (χ3n) is 4.40. The fourth-order valence-electron chi connectivity index (χ4n) is 3.23. The fourth-order valence-corrected chi connectivity index (χ4v) is 3.23. The van der Waals surface area contributed by atoms with Gasteiger partial charge in [-0.15, -0.1) is 0 Å². The van der Waals surface area contributed by atoms with Crippen LogP contribution in [0.1, 0.15) is 12.0 Å². The van der Waals surface area contributed by atoms with Crippen molar-refractivity contribution in [2.45, 2.75) is 18.6 Å². The fraction of sp³-hybridized carbons (Fsp3) is 0.500. The van der Waals surface area contributed by atoms with Gasteiger partial charge < -0.3 is 19.5 Å². The first kappa shape index (κ1) is 16.8. The Balaban J connectivity index is 1.54. The highest BCUT2D eigenvalue weighted by Crippen LogP contribution is 2.24. The highest BCUT2D eigenvalue weighted by atomic mass is 16.6. The van der Waals surface area contributed by atoms with Crippen LogP contribution in [0.4, 0.5) is 0 Å². The molecule has 3 rings (SSSR count). The summed E-state index contributed by atoms with van der Waals surface area (Å²) < 4.78 is 10.4. The van der Waals surface area contributed by atoms with E-state index in [0.29, 0.717) is 26.2 Å². The lowest BCUT2D eigenvalue weighted by Gasteiger charge is -2.30. The zero-order chi connectivity index (χ0) is 17.0. The van der Waals surface area contributed by atoms with Crippen LogP contribution in [0.25, 0.3) is 0 Å². The van der Waals surface area contributed by atoms with Crippen molar-refractivity contribution in [1.29, 1.82) is 0 Å². The quantitative estimate of drug-likeness (QED) is 0.871. The topological polar surface area (TPSA) is 62.2 Å². The summed E-state index contributed by atoms with van der Waals surface area (Å²) in [5.41, 5.74) is 0.332. The molecule has 2 heterocycles. The lowest BCUT2D eigenvalue weighted by molar-refractivity contribution is -0.134. The lowest BCUT2D eigenvalue weighted by atomic mass is 10.0. The van der Waals surface area contributed by atoms with Crippen LogP contribution in [0, 0.1) is 0 Å². The second-order valence-corrected chi connectivity index (χ2v) is 6.53. The summed E-state index contributed by atoms with van der Waals surface area (Å²) in [5.74, 6) is -0.0591. The van der Waals surface area contributed by atoms with Crippen LogP contribution in [0.5, 0.6) is 0 Å². The van der Waals surface area contributed by atoms with Crippen molar-refractivity contribution in [2.24, 2.45) is 0 Å². The second-order valence-electron chi connectivity index (χ2n) is 6.53. The van der Waals surface area contributed by atoms with Gasteiger partial charge in [-0.05, 0) is 12.0 Å². The molecule has 0 aliphatic carbocycles. The standard InChI is InChI=1S/C18H24N2O4/c1-19(17(21)16-12-23-9-10-24-16)13-18(22)7-8-20(14-18)11-15-5-3-2-4-6-15/h2-6,12,22H,7-11,13-14H2,1H3/t18-/m1/s1. The van der Waals surface area contributed by atoms with Gasteiger partial charge in [-0.25, -0.2) is 0 Å². The summed E-state index contributed by atoms with van der Waals surface area (Å²) in [4.78, 5) is 16.1. The number of likely N-dealkylation sites (N-methyl/N-ethyl adjacent to an activating group) is 1. The molecule has 0 bridgehead atoms. The predicted octanol–water partition coefficient (Wildman–Crippen LogP) is 0.970. The van der Waals surface area contributed by atoms with Crippen LogP contribution in [0.2, 0.25) is 0 Å². The summed E-state index contributed by atoms with van der Waals surface area (Å²) in [6.45, 7) is 3.28. The third kappa shape index (κ3) is 4.07. The highest BCUT2D eigenvalue weighted by molar-refractivity contribution is 5.91. The molecule has 0 unspecified atom stereocenters. The summed E-state index contributed by atoms with van der Waals surface area (Å²) >= 11 is 0. The van der Waals surface area contributed by atoms with Gasteiger partial charge in [-0.1, -0.05) is 30.3 Å². The number of hydrogen-bond acceptors (Lipinski definition) is 5. The van der Waals surface area contributed by atoms with Crippen molar-refractivity contribution in [3.05, 3.63) is 47.9 Å². The van der Waals surface area contributed by atoms with Crippen LogP contribution < -0.4 is 0 Å². The number of benzene rings is 1. The molecule has 1 saturated heterocycles. The number of amides is 1. The van der Waals surface area contributed by atoms with E-state index < -0.39 is 5.60 Å². The number of ether oxygens (including phenoxy) is 2. The Labute approximate surface area is 142 Å². The van der Waals surface area contributed by atoms with E-state index in [1.807, 2.05) is 18.2 Å². The van der Waals surface area contributed by atoms with Crippen molar-refractivity contribution in [2.75, 3.05) is 39.9 Å². The van der Waals surface area contributed by atoms with E-state index in [9.17, 15) is 9.90 Å². The molecule has 6 heteroatoms. The molecule has 2 aliphatic heterocycles. The van der Waals surface area contributed by atoms with E-state index in [2.05, 4.69) is 17.0 Å². The molecule has 0 radical (unpaired) electrons. The molecule has 1 N–H and O–H groups in total. The molecule has 2 aliphatic rings. The van der Waals surface area contributed by atoms with Crippen molar-refractivity contribution in [3.8, 4) is 0 Å². The van der Waals surface area contributed by atoms with Crippen molar-refractivity contribution in [3.63, 3.8) is 0 Å². The van der Waals surface area contributed by atoms with Gasteiger partial charge in [-0.3, -0.25) is 9.69 Å². The van der Waals surface area contributed by atoms with Gasteiger partial charge in [0.25, 0.3) is 5.91 Å². The molecule has 1 aromatic rings. The molecule has 0 saturated carbocycles. The van der Waals surface area contributed by atoms with Crippen LogP contribution in [-0.2, 0) is 20.8 Å². The molecule has 0 aromatic heterocycles. The largest absolute Gasteiger partial charge is 0.494 e. The number of aliphatic hydroxyl groups is 1. The van der Waals surface area contributed by atoms with Crippen molar-refractivity contribution < 1.29 is 19.4 Å². The smallest absolute Gasteiger partial charge is 0.292 e. The average Bonchev–Trinajstić information content (AvgIpc) is 2.96. The molecule has 1 atom stereocenters. The van der Waals surface area contributed by atoms with Gasteiger partial charge >= 0.3 is 0 Å². The zero-order valence-electron chi connectivity index (χ0n) is 14.0. The van der Waals surface area contributed by atoms with E-state index >= 15 is 0 Å². The minimum absolute atomic E-state index is 0.200. The molecule has 1 amide bonds. The molecular formula is C18H24N2O4. The van der Waals surface area contributed by atoms with E-state index in [-0.39, 0.29) is 18.2 Å². The first-order valence-electron chi connectivity index (χ1n) is 8.24. The number of hydrogen-bond donors (Lipinski definition) is 1. The van der Waals surface area contributed by atoms with Crippen LogP contribution in [-0.4, -0.2) is 66.3 Å². The maximum atomic E-state index is 12.3. The number of rotatable bonds is 5. The molecule has 6 nitrogen and oxygen atoms in total. The summed E-state index contributed by atoms with van der Waals surface area (Å²) in [5, 5.41) is 10.8. The van der Waals surface area contributed by atoms with Crippen molar-refractivity contribution >= 4 is 5.91 Å². The van der Waals surface area contributed by atoms with Gasteiger partial charge in [0, 0.05) is 26.7 Å². The van der Waals surface area contributed by atoms with E-state index in [1.54, 1.807) is 7.05 Å². The Morgan fingerprint density at radius 2 is 2.12 bits per heavy atom. The van der Waals surface area contributed by atoms with Gasteiger partial charge in [0.05, 0.1) is 12.1 Å². The molecule has 0 spiro atoms. The first-order valence-corrected chi connectivity index (χ1v) is 8.24. The van der Waals surface area contributed by atoms with Crippen LogP contribution >= 0.6 is 0 Å². The normalized spacial score (nSPS) is 24.0. The van der Waals surface area contributed by atoms with Gasteiger partial charge in [0.15, 0.2) is 0 Å². The highest BCUT2D eigenvalue weighted by Gasteiger charge is 2.38. The lowest BCUT2D eigenvalue weighted by Crippen LogP contribution is -2.46. The number of carbonyl (C=O) groups is 1. The van der Waals surface area contributed by atoms with Crippen molar-refractivity contribution in [1.82, 2.24) is 9.80 Å². The number of likely N-dealkylation sites (tertiary alicyclic amines) is 1. The second kappa shape index (κ2) is 7.23. The van der Waals surface area contributed by atoms with Crippen LogP contribution in [0.15, 0.2) is 42.4 Å². The van der Waals surface area contributed by atoms with E-state index in [4.69, 9.17) is 9.47 Å². The Kier molecular flexibility index (Phi) is 5.06. The Hall–Kier alpha value is -2.05. The number of nitrogens with zero attached hydrogens (tertiary/aromatic N) is 2. The Morgan fingerprint density at radius 3 is 2.83 bits per heavy atom. The van der Waals surface area contributed by atoms with E-state index in [1.165, 1.54) is 16.7 Å². The third-order valence-corrected chi connectivity index (χ3v) is 4.40. The maximum Gasteiger partial charge on any atom is 0.292 e. The monoisotopic (exact) mass is 332 g/mol. The summed E-state index contributed by atoms with van der Waals surface area (Å²) in [6.07, 6.45) is 2.00. The number of β-amino-alcohol motifs (C(OH)–C–C–N with tert-alkyl or cyclic N) is 1. The molecule has 1 fully saturated rings. The predicted molar refractivity (Wildman–Crippen MR) is 88.9 cm³/mol. The Bertz CT molecular complexity index is 604. The molecular weight excluding hydrogens is 308 g/mol. The van der Waals surface area contributed by atoms with E-state index in [0.717, 1.165) is 13.1 Å². The van der Waals surface area contributed by atoms with Crippen LogP contribution in [0.3, 0.4) is 0 Å². The Morgan fingerprint density at radius 1 is 1.33 bits per heavy atom. The van der Waals surface area contributed by atoms with Gasteiger partial charge in [-0.2, -0.15) is 0 Å². The van der Waals surface area contributed by atoms with Gasteiger partial charge in [0.2, 0.25) is 5.76 Å². The molecule has 1 aromatic carbocycles. The zero-order valence-corrected chi connectivity index (χ0v) is 14.0. The number of carbonyl (C=O) groups excluding carboxylic acids is 1. The minimum Gasteiger partial charge on any atom is -0.494 e. The molecule has 24 heavy (non-hydrogen) atoms. The summed E-state index contributed by atoms with van der Waals surface area (Å²) in [7, 11) is 1.68. The average molecular weight is 332 g/mol. The molecule has 130 valence electrons. The summed E-state index contributed by atoms with van der Waals surface area (Å²) in [6, 6.07) is 10.2. The first-order chi connectivity index (χ1) is 11.6. The maximum absolute atomic E-state index is 12.3. The SMILES string of the molecule is CN(C[C@]1(O)CCN(Cc2ccccc2)C1)C(=O)C1=COCCO1. The van der Waals surface area contributed by atoms with Gasteiger partial charge in [0.1, 0.15) is 19.5 Å².